The Morgan fingerprint density at radius 3 is 2.62 bits per heavy atom. The smallest absolute Gasteiger partial charge is 0.251 e. The van der Waals surface area contributed by atoms with E-state index in [2.05, 4.69) is 16.0 Å². The van der Waals surface area contributed by atoms with Crippen molar-refractivity contribution in [3.63, 3.8) is 0 Å². The number of halogens is 1. The molecule has 1 saturated carbocycles. The number of carbonyl (C=O) groups excluding carboxylic acids is 2. The first-order chi connectivity index (χ1) is 11.6. The number of hydrogen-bond donors (Lipinski definition) is 3. The molecule has 0 radical (unpaired) electrons. The van der Waals surface area contributed by atoms with E-state index in [9.17, 15) is 14.0 Å². The van der Waals surface area contributed by atoms with E-state index in [1.807, 2.05) is 0 Å². The van der Waals surface area contributed by atoms with Crippen molar-refractivity contribution in [3.05, 3.63) is 59.9 Å². The summed E-state index contributed by atoms with van der Waals surface area (Å²) in [5, 5.41) is 8.33. The third kappa shape index (κ3) is 4.32. The Morgan fingerprint density at radius 2 is 1.88 bits per heavy atom. The van der Waals surface area contributed by atoms with Gasteiger partial charge in [-0.2, -0.15) is 0 Å². The van der Waals surface area contributed by atoms with E-state index >= 15 is 0 Å². The number of hydrogen-bond acceptors (Lipinski definition) is 3. The van der Waals surface area contributed by atoms with Crippen molar-refractivity contribution in [1.29, 1.82) is 0 Å². The van der Waals surface area contributed by atoms with Crippen LogP contribution in [0.3, 0.4) is 0 Å². The van der Waals surface area contributed by atoms with Crippen molar-refractivity contribution in [3.8, 4) is 0 Å². The van der Waals surface area contributed by atoms with Crippen LogP contribution in [0.1, 0.15) is 23.2 Å². The molecule has 0 heterocycles. The zero-order valence-corrected chi connectivity index (χ0v) is 13.0. The summed E-state index contributed by atoms with van der Waals surface area (Å²) in [5.74, 6) is -0.875. The van der Waals surface area contributed by atoms with Gasteiger partial charge in [0.1, 0.15) is 5.82 Å². The van der Waals surface area contributed by atoms with E-state index < -0.39 is 5.82 Å². The summed E-state index contributed by atoms with van der Waals surface area (Å²) in [6, 6.07) is 13.2. The molecule has 0 spiro atoms. The zero-order chi connectivity index (χ0) is 16.9. The third-order valence-corrected chi connectivity index (χ3v) is 3.63. The van der Waals surface area contributed by atoms with Crippen LogP contribution in [-0.2, 0) is 4.79 Å². The molecule has 6 heteroatoms. The van der Waals surface area contributed by atoms with Gasteiger partial charge in [-0.1, -0.05) is 18.2 Å². The summed E-state index contributed by atoms with van der Waals surface area (Å²) in [4.78, 5) is 24.0. The summed E-state index contributed by atoms with van der Waals surface area (Å²) in [6.45, 7) is -0.0700. The van der Waals surface area contributed by atoms with Gasteiger partial charge in [0.15, 0.2) is 0 Å². The van der Waals surface area contributed by atoms with Gasteiger partial charge in [0.05, 0.1) is 12.2 Å². The molecule has 2 aromatic carbocycles. The maximum atomic E-state index is 13.5. The van der Waals surface area contributed by atoms with Gasteiger partial charge in [-0.15, -0.1) is 0 Å². The lowest BCUT2D eigenvalue weighted by Gasteiger charge is -2.10. The van der Waals surface area contributed by atoms with Crippen molar-refractivity contribution in [1.82, 2.24) is 5.32 Å². The quantitative estimate of drug-likeness (QED) is 0.764. The number of rotatable bonds is 6. The highest BCUT2D eigenvalue weighted by Gasteiger charge is 2.23. The van der Waals surface area contributed by atoms with Crippen LogP contribution in [0.4, 0.5) is 15.8 Å². The van der Waals surface area contributed by atoms with Crippen LogP contribution in [0.2, 0.25) is 0 Å². The lowest BCUT2D eigenvalue weighted by atomic mass is 10.2. The molecule has 24 heavy (non-hydrogen) atoms. The molecular weight excluding hydrogens is 309 g/mol. The minimum absolute atomic E-state index is 0.0700. The molecule has 3 rings (SSSR count). The highest BCUT2D eigenvalue weighted by Crippen LogP contribution is 2.20. The third-order valence-electron chi connectivity index (χ3n) is 3.63. The van der Waals surface area contributed by atoms with Crippen molar-refractivity contribution in [2.45, 2.75) is 18.9 Å². The highest BCUT2D eigenvalue weighted by atomic mass is 19.1. The van der Waals surface area contributed by atoms with Crippen LogP contribution in [0.25, 0.3) is 0 Å². The Labute approximate surface area is 139 Å². The molecule has 0 bridgehead atoms. The lowest BCUT2D eigenvalue weighted by Crippen LogP contribution is -2.26. The van der Waals surface area contributed by atoms with Crippen LogP contribution in [0.15, 0.2) is 48.5 Å². The van der Waals surface area contributed by atoms with E-state index in [0.29, 0.717) is 11.3 Å². The van der Waals surface area contributed by atoms with E-state index in [1.165, 1.54) is 6.07 Å². The molecule has 0 saturated heterocycles. The van der Waals surface area contributed by atoms with Crippen molar-refractivity contribution >= 4 is 23.2 Å². The van der Waals surface area contributed by atoms with E-state index in [4.69, 9.17) is 0 Å². The molecule has 2 amide bonds. The largest absolute Gasteiger partial charge is 0.374 e. The zero-order valence-electron chi connectivity index (χ0n) is 13.0. The molecule has 1 fully saturated rings. The molecule has 1 aliphatic rings. The summed E-state index contributed by atoms with van der Waals surface area (Å²) in [7, 11) is 0. The van der Waals surface area contributed by atoms with Crippen LogP contribution >= 0.6 is 0 Å². The van der Waals surface area contributed by atoms with Gasteiger partial charge in [0.2, 0.25) is 5.91 Å². The second-order valence-corrected chi connectivity index (χ2v) is 5.71. The highest BCUT2D eigenvalue weighted by molar-refractivity contribution is 5.98. The average molecular weight is 327 g/mol. The molecule has 0 aromatic heterocycles. The van der Waals surface area contributed by atoms with Crippen molar-refractivity contribution in [2.75, 3.05) is 17.2 Å². The van der Waals surface area contributed by atoms with Crippen molar-refractivity contribution in [2.24, 2.45) is 0 Å². The maximum absolute atomic E-state index is 13.5. The number of benzene rings is 2. The average Bonchev–Trinajstić information content (AvgIpc) is 3.38. The SMILES string of the molecule is O=C(CNc1ccccc1F)Nc1cccc(C(=O)NC2CC2)c1. The van der Waals surface area contributed by atoms with Crippen LogP contribution in [0.5, 0.6) is 0 Å². The lowest BCUT2D eigenvalue weighted by molar-refractivity contribution is -0.114. The summed E-state index contributed by atoms with van der Waals surface area (Å²) in [6.07, 6.45) is 2.04. The first-order valence-electron chi connectivity index (χ1n) is 7.81. The predicted octanol–water partition coefficient (Wildman–Crippen LogP) is 2.77. The van der Waals surface area contributed by atoms with Gasteiger partial charge in [0.25, 0.3) is 5.91 Å². The normalized spacial score (nSPS) is 13.2. The van der Waals surface area contributed by atoms with Gasteiger partial charge in [-0.05, 0) is 43.2 Å². The number of carbonyl (C=O) groups is 2. The van der Waals surface area contributed by atoms with Crippen LogP contribution in [-0.4, -0.2) is 24.4 Å². The second kappa shape index (κ2) is 7.12. The minimum atomic E-state index is -0.413. The number of anilines is 2. The number of nitrogens with one attached hydrogen (secondary N) is 3. The maximum Gasteiger partial charge on any atom is 0.251 e. The topological polar surface area (TPSA) is 70.2 Å². The molecule has 3 N–H and O–H groups in total. The Bertz CT molecular complexity index is 759. The summed E-state index contributed by atoms with van der Waals surface area (Å²) in [5.41, 5.74) is 1.30. The van der Waals surface area contributed by atoms with Gasteiger partial charge < -0.3 is 16.0 Å². The van der Waals surface area contributed by atoms with Gasteiger partial charge >= 0.3 is 0 Å². The minimum Gasteiger partial charge on any atom is -0.374 e. The predicted molar refractivity (Wildman–Crippen MR) is 90.4 cm³/mol. The first kappa shape index (κ1) is 16.0. The number of amides is 2. The fourth-order valence-electron chi connectivity index (χ4n) is 2.22. The van der Waals surface area contributed by atoms with Gasteiger partial charge in [0, 0.05) is 17.3 Å². The standard InChI is InChI=1S/C18H18FN3O2/c19-15-6-1-2-7-16(15)20-11-17(23)21-14-5-3-4-12(10-14)18(24)22-13-8-9-13/h1-7,10,13,20H,8-9,11H2,(H,21,23)(H,22,24). The van der Waals surface area contributed by atoms with Crippen LogP contribution in [0, 0.1) is 5.82 Å². The fourth-order valence-corrected chi connectivity index (χ4v) is 2.22. The van der Waals surface area contributed by atoms with Gasteiger partial charge in [-0.3, -0.25) is 9.59 Å². The Hall–Kier alpha value is -2.89. The van der Waals surface area contributed by atoms with E-state index in [-0.39, 0.29) is 30.1 Å². The molecule has 124 valence electrons. The molecule has 0 unspecified atom stereocenters. The molecular formula is C18H18FN3O2. The summed E-state index contributed by atoms with van der Waals surface area (Å²) >= 11 is 0. The Morgan fingerprint density at radius 1 is 1.08 bits per heavy atom. The molecule has 0 atom stereocenters. The van der Waals surface area contributed by atoms with Crippen molar-refractivity contribution < 1.29 is 14.0 Å². The first-order valence-corrected chi connectivity index (χ1v) is 7.81. The van der Waals surface area contributed by atoms with E-state index in [1.54, 1.807) is 42.5 Å². The second-order valence-electron chi connectivity index (χ2n) is 5.71. The van der Waals surface area contributed by atoms with E-state index in [0.717, 1.165) is 12.8 Å². The fraction of sp³-hybridized carbons (Fsp3) is 0.222. The molecule has 1 aliphatic carbocycles. The Balaban J connectivity index is 1.56. The molecule has 2 aromatic rings. The van der Waals surface area contributed by atoms with Crippen LogP contribution < -0.4 is 16.0 Å². The number of para-hydroxylation sites is 1. The van der Waals surface area contributed by atoms with Gasteiger partial charge in [-0.25, -0.2) is 4.39 Å². The molecule has 0 aliphatic heterocycles. The Kier molecular flexibility index (Phi) is 4.74. The monoisotopic (exact) mass is 327 g/mol. The summed E-state index contributed by atoms with van der Waals surface area (Å²) < 4.78 is 13.5. The molecule has 5 nitrogen and oxygen atoms in total.